The smallest absolute Gasteiger partial charge is 0.320 e. The van der Waals surface area contributed by atoms with Gasteiger partial charge in [-0.25, -0.2) is 4.39 Å². The number of ether oxygens (including phenoxy) is 1. The number of nitrogens with zero attached hydrogens (tertiary/aromatic N) is 2. The minimum absolute atomic E-state index is 0.237. The Morgan fingerprint density at radius 3 is 2.86 bits per heavy atom. The number of anilines is 2. The lowest BCUT2D eigenvalue weighted by Crippen LogP contribution is -2.19. The average Bonchev–Trinajstić information content (AvgIpc) is 2.88. The summed E-state index contributed by atoms with van der Waals surface area (Å²) in [7, 11) is 1.47. The maximum atomic E-state index is 13.1. The van der Waals surface area contributed by atoms with Crippen LogP contribution in [0.3, 0.4) is 0 Å². The molecular formula is C14H19FN4O2. The molecule has 0 aliphatic carbocycles. The Morgan fingerprint density at radius 1 is 1.33 bits per heavy atom. The van der Waals surface area contributed by atoms with E-state index in [-0.39, 0.29) is 11.8 Å². The van der Waals surface area contributed by atoms with Gasteiger partial charge in [-0.15, -0.1) is 5.10 Å². The molecule has 6 nitrogen and oxygen atoms in total. The zero-order valence-electron chi connectivity index (χ0n) is 12.3. The highest BCUT2D eigenvalue weighted by Gasteiger charge is 2.10. The molecule has 0 radical (unpaired) electrons. The first-order valence-electron chi connectivity index (χ1n) is 6.72. The quantitative estimate of drug-likeness (QED) is 0.818. The number of hydrogen-bond acceptors (Lipinski definition) is 6. The van der Waals surface area contributed by atoms with Gasteiger partial charge < -0.3 is 19.8 Å². The Kier molecular flexibility index (Phi) is 5.10. The summed E-state index contributed by atoms with van der Waals surface area (Å²) in [5.74, 6) is 1.03. The third-order valence-corrected chi connectivity index (χ3v) is 2.70. The molecule has 114 valence electrons. The fourth-order valence-electron chi connectivity index (χ4n) is 1.73. The maximum Gasteiger partial charge on any atom is 0.320 e. The van der Waals surface area contributed by atoms with Crippen molar-refractivity contribution in [1.82, 2.24) is 15.5 Å². The van der Waals surface area contributed by atoms with Crippen LogP contribution >= 0.6 is 0 Å². The molecule has 0 atom stereocenters. The summed E-state index contributed by atoms with van der Waals surface area (Å²) in [5.41, 5.74) is 0.559. The van der Waals surface area contributed by atoms with Crippen LogP contribution in [-0.2, 0) is 6.54 Å². The van der Waals surface area contributed by atoms with Gasteiger partial charge in [0.15, 0.2) is 0 Å². The lowest BCUT2D eigenvalue weighted by Gasteiger charge is -2.07. The van der Waals surface area contributed by atoms with E-state index >= 15 is 0 Å². The zero-order chi connectivity index (χ0) is 15.2. The molecule has 0 aliphatic rings. The third kappa shape index (κ3) is 4.42. The molecule has 0 spiro atoms. The molecule has 2 rings (SSSR count). The van der Waals surface area contributed by atoms with Crippen LogP contribution in [0, 0.1) is 11.7 Å². The number of methoxy groups -OCH3 is 1. The monoisotopic (exact) mass is 294 g/mol. The molecule has 0 saturated heterocycles. The van der Waals surface area contributed by atoms with Crippen LogP contribution in [0.15, 0.2) is 22.6 Å². The van der Waals surface area contributed by atoms with E-state index in [2.05, 4.69) is 34.7 Å². The van der Waals surface area contributed by atoms with Gasteiger partial charge in [-0.1, -0.05) is 18.9 Å². The van der Waals surface area contributed by atoms with Gasteiger partial charge in [-0.2, -0.15) is 0 Å². The average molecular weight is 294 g/mol. The van der Waals surface area contributed by atoms with E-state index in [1.807, 2.05) is 0 Å². The first-order chi connectivity index (χ1) is 10.1. The summed E-state index contributed by atoms with van der Waals surface area (Å²) >= 11 is 0. The Bertz CT molecular complexity index is 586. The van der Waals surface area contributed by atoms with Crippen LogP contribution in [0.4, 0.5) is 16.1 Å². The van der Waals surface area contributed by atoms with Crippen LogP contribution in [0.1, 0.15) is 19.7 Å². The molecule has 0 bridgehead atoms. The van der Waals surface area contributed by atoms with Crippen molar-refractivity contribution < 1.29 is 13.5 Å². The van der Waals surface area contributed by atoms with Gasteiger partial charge >= 0.3 is 6.01 Å². The first-order valence-corrected chi connectivity index (χ1v) is 6.72. The van der Waals surface area contributed by atoms with Crippen molar-refractivity contribution in [3.05, 3.63) is 29.9 Å². The summed E-state index contributed by atoms with van der Waals surface area (Å²) in [6, 6.07) is 4.40. The van der Waals surface area contributed by atoms with E-state index < -0.39 is 0 Å². The predicted octanol–water partition coefficient (Wildman–Crippen LogP) is 2.71. The van der Waals surface area contributed by atoms with Crippen LogP contribution in [0.2, 0.25) is 0 Å². The third-order valence-electron chi connectivity index (χ3n) is 2.70. The fourth-order valence-corrected chi connectivity index (χ4v) is 1.73. The molecule has 0 amide bonds. The van der Waals surface area contributed by atoms with E-state index in [1.165, 1.54) is 19.2 Å². The molecule has 0 saturated carbocycles. The van der Waals surface area contributed by atoms with Gasteiger partial charge in [0.1, 0.15) is 11.6 Å². The molecule has 1 heterocycles. The minimum atomic E-state index is -0.374. The van der Waals surface area contributed by atoms with Crippen LogP contribution in [-0.4, -0.2) is 23.9 Å². The molecule has 21 heavy (non-hydrogen) atoms. The van der Waals surface area contributed by atoms with Crippen molar-refractivity contribution in [1.29, 1.82) is 0 Å². The van der Waals surface area contributed by atoms with Crippen molar-refractivity contribution in [2.75, 3.05) is 19.0 Å². The number of benzene rings is 1. The van der Waals surface area contributed by atoms with Crippen molar-refractivity contribution in [3.8, 4) is 5.75 Å². The molecule has 0 fully saturated rings. The molecular weight excluding hydrogens is 275 g/mol. The van der Waals surface area contributed by atoms with Gasteiger partial charge in [0.05, 0.1) is 19.3 Å². The molecule has 2 aromatic rings. The number of hydrogen-bond donors (Lipinski definition) is 2. The SMILES string of the molecule is COc1cc(F)ccc1Nc1nnc(CNCC(C)C)o1. The second-order valence-corrected chi connectivity index (χ2v) is 5.00. The first kappa shape index (κ1) is 15.2. The van der Waals surface area contributed by atoms with Gasteiger partial charge in [0, 0.05) is 6.07 Å². The highest BCUT2D eigenvalue weighted by molar-refractivity contribution is 5.61. The topological polar surface area (TPSA) is 72.2 Å². The summed E-state index contributed by atoms with van der Waals surface area (Å²) in [6.45, 7) is 5.62. The Morgan fingerprint density at radius 2 is 2.14 bits per heavy atom. The summed E-state index contributed by atoms with van der Waals surface area (Å²) in [4.78, 5) is 0. The van der Waals surface area contributed by atoms with Crippen LogP contribution < -0.4 is 15.4 Å². The lowest BCUT2D eigenvalue weighted by atomic mass is 10.2. The predicted molar refractivity (Wildman–Crippen MR) is 77.1 cm³/mol. The van der Waals surface area contributed by atoms with Crippen molar-refractivity contribution in [2.24, 2.45) is 5.92 Å². The van der Waals surface area contributed by atoms with E-state index in [9.17, 15) is 4.39 Å². The fraction of sp³-hybridized carbons (Fsp3) is 0.429. The molecule has 0 unspecified atom stereocenters. The Hall–Kier alpha value is -2.15. The number of halogens is 1. The summed E-state index contributed by atoms with van der Waals surface area (Å²) < 4.78 is 23.7. The highest BCUT2D eigenvalue weighted by Crippen LogP contribution is 2.27. The van der Waals surface area contributed by atoms with Gasteiger partial charge in [-0.05, 0) is 24.6 Å². The van der Waals surface area contributed by atoms with Crippen LogP contribution in [0.25, 0.3) is 0 Å². The Balaban J connectivity index is 1.99. The zero-order valence-corrected chi connectivity index (χ0v) is 12.3. The highest BCUT2D eigenvalue weighted by atomic mass is 19.1. The second-order valence-electron chi connectivity index (χ2n) is 5.00. The van der Waals surface area contributed by atoms with E-state index in [0.29, 0.717) is 29.8 Å². The molecule has 1 aromatic carbocycles. The minimum Gasteiger partial charge on any atom is -0.494 e. The van der Waals surface area contributed by atoms with Crippen molar-refractivity contribution in [2.45, 2.75) is 20.4 Å². The van der Waals surface area contributed by atoms with Crippen molar-refractivity contribution in [3.63, 3.8) is 0 Å². The van der Waals surface area contributed by atoms with Gasteiger partial charge in [-0.3, -0.25) is 0 Å². The summed E-state index contributed by atoms with van der Waals surface area (Å²) in [6.07, 6.45) is 0. The summed E-state index contributed by atoms with van der Waals surface area (Å²) in [5, 5.41) is 13.9. The Labute approximate surface area is 122 Å². The number of rotatable bonds is 7. The van der Waals surface area contributed by atoms with Gasteiger partial charge in [0.2, 0.25) is 5.89 Å². The molecule has 1 aromatic heterocycles. The van der Waals surface area contributed by atoms with Crippen LogP contribution in [0.5, 0.6) is 5.75 Å². The maximum absolute atomic E-state index is 13.1. The molecule has 2 N–H and O–H groups in total. The number of aromatic nitrogens is 2. The van der Waals surface area contributed by atoms with Crippen molar-refractivity contribution >= 4 is 11.7 Å². The normalized spacial score (nSPS) is 10.9. The lowest BCUT2D eigenvalue weighted by molar-refractivity contribution is 0.412. The number of nitrogens with one attached hydrogen (secondary N) is 2. The molecule has 7 heteroatoms. The standard InChI is InChI=1S/C14H19FN4O2/c1-9(2)7-16-8-13-18-19-14(21-13)17-11-5-4-10(15)6-12(11)20-3/h4-6,9,16H,7-8H2,1-3H3,(H,17,19). The van der Waals surface area contributed by atoms with E-state index in [1.54, 1.807) is 6.07 Å². The van der Waals surface area contributed by atoms with E-state index in [0.717, 1.165) is 6.54 Å². The van der Waals surface area contributed by atoms with E-state index in [4.69, 9.17) is 9.15 Å². The van der Waals surface area contributed by atoms with Gasteiger partial charge in [0.25, 0.3) is 0 Å². The second kappa shape index (κ2) is 7.03. The molecule has 0 aliphatic heterocycles. The largest absolute Gasteiger partial charge is 0.494 e.